The molecule has 4 heteroatoms. The molecule has 1 rings (SSSR count). The summed E-state index contributed by atoms with van der Waals surface area (Å²) in [6.07, 6.45) is 3.14. The average Bonchev–Trinajstić information content (AvgIpc) is 2.51. The Hall–Kier alpha value is -1.58. The molecule has 1 amide bonds. The highest BCUT2D eigenvalue weighted by molar-refractivity contribution is 5.86. The van der Waals surface area contributed by atoms with Gasteiger partial charge >= 0.3 is 0 Å². The van der Waals surface area contributed by atoms with Gasteiger partial charge in [-0.3, -0.25) is 9.48 Å². The van der Waals surface area contributed by atoms with E-state index in [1.807, 2.05) is 19.2 Å². The molecule has 0 aliphatic carbocycles. The van der Waals surface area contributed by atoms with Gasteiger partial charge in [-0.25, -0.2) is 0 Å². The van der Waals surface area contributed by atoms with Crippen LogP contribution in [0.15, 0.2) is 24.9 Å². The van der Waals surface area contributed by atoms with E-state index in [1.165, 1.54) is 6.08 Å². The first kappa shape index (κ1) is 9.51. The Morgan fingerprint density at radius 3 is 3.15 bits per heavy atom. The van der Waals surface area contributed by atoms with Crippen molar-refractivity contribution < 1.29 is 4.79 Å². The van der Waals surface area contributed by atoms with E-state index < -0.39 is 0 Å². The van der Waals surface area contributed by atoms with Crippen molar-refractivity contribution in [2.75, 3.05) is 6.54 Å². The van der Waals surface area contributed by atoms with Crippen LogP contribution in [-0.4, -0.2) is 22.2 Å². The van der Waals surface area contributed by atoms with Crippen molar-refractivity contribution >= 4 is 5.91 Å². The molecule has 0 spiro atoms. The van der Waals surface area contributed by atoms with E-state index in [1.54, 1.807) is 4.68 Å². The molecule has 0 bridgehead atoms. The standard InChI is InChI=1S/C9H13N3O/c1-3-9(13)10-5-7-12-6-4-8(2)11-12/h3-4,6H,1,5,7H2,2H3,(H,10,13). The van der Waals surface area contributed by atoms with Gasteiger partial charge in [0.25, 0.3) is 0 Å². The van der Waals surface area contributed by atoms with E-state index >= 15 is 0 Å². The minimum atomic E-state index is -0.149. The number of amides is 1. The number of aromatic nitrogens is 2. The number of hydrogen-bond acceptors (Lipinski definition) is 2. The Kier molecular flexibility index (Phi) is 3.25. The Bertz CT molecular complexity index is 304. The van der Waals surface area contributed by atoms with E-state index in [4.69, 9.17) is 0 Å². The van der Waals surface area contributed by atoms with E-state index in [0.717, 1.165) is 5.69 Å². The summed E-state index contributed by atoms with van der Waals surface area (Å²) in [5.74, 6) is -0.149. The van der Waals surface area contributed by atoms with Gasteiger partial charge in [0.1, 0.15) is 0 Å². The van der Waals surface area contributed by atoms with Crippen molar-refractivity contribution in [3.05, 3.63) is 30.6 Å². The number of carbonyl (C=O) groups is 1. The summed E-state index contributed by atoms with van der Waals surface area (Å²) in [6, 6.07) is 1.93. The Morgan fingerprint density at radius 1 is 1.85 bits per heavy atom. The maximum Gasteiger partial charge on any atom is 0.243 e. The summed E-state index contributed by atoms with van der Waals surface area (Å²) in [7, 11) is 0. The van der Waals surface area contributed by atoms with Gasteiger partial charge in [-0.2, -0.15) is 5.10 Å². The molecule has 0 atom stereocenters. The van der Waals surface area contributed by atoms with E-state index in [-0.39, 0.29) is 5.91 Å². The number of nitrogens with zero attached hydrogens (tertiary/aromatic N) is 2. The lowest BCUT2D eigenvalue weighted by Crippen LogP contribution is -2.25. The lowest BCUT2D eigenvalue weighted by atomic mass is 10.5. The van der Waals surface area contributed by atoms with Crippen LogP contribution >= 0.6 is 0 Å². The fourth-order valence-corrected chi connectivity index (χ4v) is 0.954. The van der Waals surface area contributed by atoms with Crippen LogP contribution in [0, 0.1) is 6.92 Å². The Morgan fingerprint density at radius 2 is 2.62 bits per heavy atom. The number of nitrogens with one attached hydrogen (secondary N) is 1. The molecule has 70 valence electrons. The lowest BCUT2D eigenvalue weighted by molar-refractivity contribution is -0.116. The average molecular weight is 179 g/mol. The number of rotatable bonds is 4. The zero-order valence-electron chi connectivity index (χ0n) is 7.66. The lowest BCUT2D eigenvalue weighted by Gasteiger charge is -2.01. The molecule has 1 heterocycles. The quantitative estimate of drug-likeness (QED) is 0.684. The second-order valence-electron chi connectivity index (χ2n) is 2.72. The third-order valence-electron chi connectivity index (χ3n) is 1.60. The van der Waals surface area contributed by atoms with Crippen molar-refractivity contribution in [1.29, 1.82) is 0 Å². The molecule has 1 aromatic heterocycles. The summed E-state index contributed by atoms with van der Waals surface area (Å²) in [6.45, 7) is 6.55. The largest absolute Gasteiger partial charge is 0.351 e. The highest BCUT2D eigenvalue weighted by atomic mass is 16.1. The number of carbonyl (C=O) groups excluding carboxylic acids is 1. The van der Waals surface area contributed by atoms with Gasteiger partial charge in [0, 0.05) is 12.7 Å². The second kappa shape index (κ2) is 4.45. The van der Waals surface area contributed by atoms with Gasteiger partial charge in [0.2, 0.25) is 5.91 Å². The summed E-state index contributed by atoms with van der Waals surface area (Å²) >= 11 is 0. The van der Waals surface area contributed by atoms with Crippen molar-refractivity contribution in [3.8, 4) is 0 Å². The maximum atomic E-state index is 10.7. The van der Waals surface area contributed by atoms with E-state index in [0.29, 0.717) is 13.1 Å². The molecular weight excluding hydrogens is 166 g/mol. The summed E-state index contributed by atoms with van der Waals surface area (Å²) in [4.78, 5) is 10.7. The fraction of sp³-hybridized carbons (Fsp3) is 0.333. The van der Waals surface area contributed by atoms with Crippen molar-refractivity contribution in [2.45, 2.75) is 13.5 Å². The van der Waals surface area contributed by atoms with Crippen molar-refractivity contribution in [1.82, 2.24) is 15.1 Å². The highest BCUT2D eigenvalue weighted by Gasteiger charge is 1.95. The second-order valence-corrected chi connectivity index (χ2v) is 2.72. The molecule has 0 fully saturated rings. The summed E-state index contributed by atoms with van der Waals surface area (Å²) in [5.41, 5.74) is 0.982. The zero-order valence-corrected chi connectivity index (χ0v) is 7.66. The summed E-state index contributed by atoms with van der Waals surface area (Å²) in [5, 5.41) is 6.85. The van der Waals surface area contributed by atoms with Crippen LogP contribution in [0.5, 0.6) is 0 Å². The van der Waals surface area contributed by atoms with Crippen LogP contribution in [0.3, 0.4) is 0 Å². The fourth-order valence-electron chi connectivity index (χ4n) is 0.954. The molecule has 1 aromatic rings. The number of aryl methyl sites for hydroxylation is 1. The van der Waals surface area contributed by atoms with Crippen LogP contribution in [-0.2, 0) is 11.3 Å². The van der Waals surface area contributed by atoms with E-state index in [2.05, 4.69) is 17.0 Å². The van der Waals surface area contributed by atoms with Crippen LogP contribution < -0.4 is 5.32 Å². The first-order valence-corrected chi connectivity index (χ1v) is 4.12. The molecule has 0 unspecified atom stereocenters. The molecule has 0 aromatic carbocycles. The summed E-state index contributed by atoms with van der Waals surface area (Å²) < 4.78 is 1.79. The molecular formula is C9H13N3O. The van der Waals surface area contributed by atoms with Gasteiger partial charge < -0.3 is 5.32 Å². The molecule has 13 heavy (non-hydrogen) atoms. The maximum absolute atomic E-state index is 10.7. The molecule has 4 nitrogen and oxygen atoms in total. The van der Waals surface area contributed by atoms with Gasteiger partial charge in [-0.1, -0.05) is 6.58 Å². The van der Waals surface area contributed by atoms with Crippen LogP contribution in [0.4, 0.5) is 0 Å². The third-order valence-corrected chi connectivity index (χ3v) is 1.60. The highest BCUT2D eigenvalue weighted by Crippen LogP contribution is 1.91. The zero-order chi connectivity index (χ0) is 9.68. The minimum Gasteiger partial charge on any atom is -0.351 e. The molecule has 0 aliphatic heterocycles. The van der Waals surface area contributed by atoms with Gasteiger partial charge in [0.05, 0.1) is 12.2 Å². The third kappa shape index (κ3) is 3.11. The monoisotopic (exact) mass is 179 g/mol. The van der Waals surface area contributed by atoms with Crippen molar-refractivity contribution in [3.63, 3.8) is 0 Å². The molecule has 0 aliphatic rings. The van der Waals surface area contributed by atoms with E-state index in [9.17, 15) is 4.79 Å². The van der Waals surface area contributed by atoms with Crippen LogP contribution in [0.2, 0.25) is 0 Å². The first-order chi connectivity index (χ1) is 6.22. The topological polar surface area (TPSA) is 46.9 Å². The molecule has 0 radical (unpaired) electrons. The molecule has 0 saturated carbocycles. The van der Waals surface area contributed by atoms with Crippen LogP contribution in [0.25, 0.3) is 0 Å². The van der Waals surface area contributed by atoms with Gasteiger partial charge in [0.15, 0.2) is 0 Å². The molecule has 0 saturated heterocycles. The normalized spacial score (nSPS) is 9.62. The van der Waals surface area contributed by atoms with Crippen LogP contribution in [0.1, 0.15) is 5.69 Å². The Balaban J connectivity index is 2.27. The SMILES string of the molecule is C=CC(=O)NCCn1ccc(C)n1. The van der Waals surface area contributed by atoms with Crippen molar-refractivity contribution in [2.24, 2.45) is 0 Å². The Labute approximate surface area is 77.3 Å². The first-order valence-electron chi connectivity index (χ1n) is 4.12. The predicted octanol–water partition coefficient (Wildman–Crippen LogP) is 0.494. The number of hydrogen-bond donors (Lipinski definition) is 1. The van der Waals surface area contributed by atoms with Gasteiger partial charge in [-0.05, 0) is 19.1 Å². The minimum absolute atomic E-state index is 0.149. The molecule has 1 N–H and O–H groups in total. The predicted molar refractivity (Wildman–Crippen MR) is 50.2 cm³/mol. The van der Waals surface area contributed by atoms with Gasteiger partial charge in [-0.15, -0.1) is 0 Å². The smallest absolute Gasteiger partial charge is 0.243 e.